The van der Waals surface area contributed by atoms with Crippen LogP contribution >= 0.6 is 11.3 Å². The van der Waals surface area contributed by atoms with Crippen LogP contribution in [0.2, 0.25) is 0 Å². The van der Waals surface area contributed by atoms with E-state index in [1.165, 1.54) is 22.2 Å². The Labute approximate surface area is 198 Å². The van der Waals surface area contributed by atoms with Gasteiger partial charge in [0.2, 0.25) is 5.91 Å². The van der Waals surface area contributed by atoms with E-state index in [2.05, 4.69) is 49.3 Å². The molecule has 1 amide bonds. The SMILES string of the molecule is CCc1cccc(CC)c1NC(=O)Cn1cnc2sc(C)c(-c3cc(C)ccc3C)c2c1=O. The summed E-state index contributed by atoms with van der Waals surface area (Å²) < 4.78 is 1.42. The molecule has 170 valence electrons. The van der Waals surface area contributed by atoms with Crippen molar-refractivity contribution in [2.75, 3.05) is 5.32 Å². The minimum atomic E-state index is -0.228. The minimum absolute atomic E-state index is 0.0793. The van der Waals surface area contributed by atoms with Crippen LogP contribution in [0.3, 0.4) is 0 Å². The second kappa shape index (κ2) is 9.32. The Morgan fingerprint density at radius 2 is 1.76 bits per heavy atom. The van der Waals surface area contributed by atoms with Gasteiger partial charge >= 0.3 is 0 Å². The van der Waals surface area contributed by atoms with Gasteiger partial charge in [0, 0.05) is 16.1 Å². The summed E-state index contributed by atoms with van der Waals surface area (Å²) in [7, 11) is 0. The summed E-state index contributed by atoms with van der Waals surface area (Å²) in [6, 6.07) is 12.3. The largest absolute Gasteiger partial charge is 0.324 e. The van der Waals surface area contributed by atoms with E-state index in [0.29, 0.717) is 10.2 Å². The molecule has 0 spiro atoms. The van der Waals surface area contributed by atoms with Gasteiger partial charge in [0.05, 0.1) is 11.7 Å². The molecule has 4 rings (SSSR count). The van der Waals surface area contributed by atoms with E-state index in [0.717, 1.165) is 56.8 Å². The average molecular weight is 460 g/mol. The normalized spacial score (nSPS) is 11.2. The van der Waals surface area contributed by atoms with Crippen LogP contribution < -0.4 is 10.9 Å². The van der Waals surface area contributed by atoms with Crippen molar-refractivity contribution in [3.05, 3.63) is 80.2 Å². The van der Waals surface area contributed by atoms with Crippen LogP contribution in [0.4, 0.5) is 5.69 Å². The second-order valence-corrected chi connectivity index (χ2v) is 9.62. The number of carbonyl (C=O) groups excluding carboxylic acids is 1. The van der Waals surface area contributed by atoms with Crippen molar-refractivity contribution in [2.45, 2.75) is 54.0 Å². The number of aryl methyl sites for hydroxylation is 5. The zero-order valence-corrected chi connectivity index (χ0v) is 20.6. The Kier molecular flexibility index (Phi) is 6.47. The Bertz CT molecular complexity index is 1390. The molecular weight excluding hydrogens is 430 g/mol. The lowest BCUT2D eigenvalue weighted by Gasteiger charge is -2.15. The molecule has 33 heavy (non-hydrogen) atoms. The highest BCUT2D eigenvalue weighted by molar-refractivity contribution is 7.19. The Morgan fingerprint density at radius 3 is 2.42 bits per heavy atom. The third kappa shape index (κ3) is 4.35. The molecule has 2 aromatic carbocycles. The van der Waals surface area contributed by atoms with Crippen LogP contribution in [-0.4, -0.2) is 15.5 Å². The number of para-hydroxylation sites is 1. The third-order valence-electron chi connectivity index (χ3n) is 6.09. The van der Waals surface area contributed by atoms with Crippen molar-refractivity contribution in [1.29, 1.82) is 0 Å². The molecular formula is C27H29N3O2S. The van der Waals surface area contributed by atoms with Crippen molar-refractivity contribution in [3.63, 3.8) is 0 Å². The van der Waals surface area contributed by atoms with Crippen molar-refractivity contribution in [3.8, 4) is 11.1 Å². The van der Waals surface area contributed by atoms with Gasteiger partial charge in [0.15, 0.2) is 0 Å². The fourth-order valence-electron chi connectivity index (χ4n) is 4.32. The van der Waals surface area contributed by atoms with Gasteiger partial charge in [-0.2, -0.15) is 0 Å². The second-order valence-electron chi connectivity index (χ2n) is 8.42. The lowest BCUT2D eigenvalue weighted by atomic mass is 9.97. The summed E-state index contributed by atoms with van der Waals surface area (Å²) in [4.78, 5) is 32.8. The Balaban J connectivity index is 1.74. The first-order valence-electron chi connectivity index (χ1n) is 11.3. The number of fused-ring (bicyclic) bond motifs is 1. The predicted molar refractivity (Wildman–Crippen MR) is 137 cm³/mol. The van der Waals surface area contributed by atoms with E-state index in [1.54, 1.807) is 0 Å². The number of rotatable bonds is 6. The molecule has 0 aliphatic rings. The van der Waals surface area contributed by atoms with Crippen LogP contribution in [0.1, 0.15) is 41.0 Å². The summed E-state index contributed by atoms with van der Waals surface area (Å²) in [6.45, 7) is 10.2. The number of hydrogen-bond acceptors (Lipinski definition) is 4. The molecule has 5 nitrogen and oxygen atoms in total. The lowest BCUT2D eigenvalue weighted by molar-refractivity contribution is -0.116. The molecule has 0 aliphatic carbocycles. The van der Waals surface area contributed by atoms with Crippen LogP contribution in [-0.2, 0) is 24.2 Å². The molecule has 1 N–H and O–H groups in total. The quantitative estimate of drug-likeness (QED) is 0.395. The number of thiophene rings is 1. The molecule has 0 atom stereocenters. The van der Waals surface area contributed by atoms with Crippen LogP contribution in [0.15, 0.2) is 47.5 Å². The van der Waals surface area contributed by atoms with Gasteiger partial charge in [0.1, 0.15) is 11.4 Å². The number of anilines is 1. The van der Waals surface area contributed by atoms with E-state index < -0.39 is 0 Å². The maximum Gasteiger partial charge on any atom is 0.263 e. The first-order valence-corrected chi connectivity index (χ1v) is 12.1. The number of aromatic nitrogens is 2. The molecule has 0 saturated heterocycles. The summed E-state index contributed by atoms with van der Waals surface area (Å²) >= 11 is 1.52. The van der Waals surface area contributed by atoms with Gasteiger partial charge in [-0.15, -0.1) is 11.3 Å². The number of carbonyl (C=O) groups is 1. The van der Waals surface area contributed by atoms with Crippen molar-refractivity contribution in [1.82, 2.24) is 9.55 Å². The van der Waals surface area contributed by atoms with Crippen molar-refractivity contribution >= 4 is 33.1 Å². The third-order valence-corrected chi connectivity index (χ3v) is 7.11. The summed E-state index contributed by atoms with van der Waals surface area (Å²) in [5.41, 5.74) is 7.08. The number of benzene rings is 2. The molecule has 0 radical (unpaired) electrons. The highest BCUT2D eigenvalue weighted by Gasteiger charge is 2.19. The van der Waals surface area contributed by atoms with Crippen LogP contribution in [0.5, 0.6) is 0 Å². The number of nitrogens with zero attached hydrogens (tertiary/aromatic N) is 2. The molecule has 0 fully saturated rings. The first kappa shape index (κ1) is 22.9. The van der Waals surface area contributed by atoms with Crippen molar-refractivity contribution < 1.29 is 4.79 Å². The average Bonchev–Trinajstić information content (AvgIpc) is 3.14. The van der Waals surface area contributed by atoms with Gasteiger partial charge in [-0.05, 0) is 55.9 Å². The predicted octanol–water partition coefficient (Wildman–Crippen LogP) is 5.81. The molecule has 0 bridgehead atoms. The van der Waals surface area contributed by atoms with E-state index >= 15 is 0 Å². The fraction of sp³-hybridized carbons (Fsp3) is 0.296. The van der Waals surface area contributed by atoms with Crippen LogP contribution in [0.25, 0.3) is 21.3 Å². The van der Waals surface area contributed by atoms with Crippen molar-refractivity contribution in [2.24, 2.45) is 0 Å². The molecule has 2 heterocycles. The standard InChI is InChI=1S/C27H29N3O2S/c1-6-19-9-8-10-20(7-2)25(19)29-22(31)14-30-15-28-26-24(27(30)32)23(18(5)33-26)21-13-16(3)11-12-17(21)4/h8-13,15H,6-7,14H2,1-5H3,(H,29,31). The van der Waals surface area contributed by atoms with E-state index in [1.807, 2.05) is 32.0 Å². The van der Waals surface area contributed by atoms with Crippen LogP contribution in [0, 0.1) is 20.8 Å². The Hall–Kier alpha value is -3.25. The zero-order valence-electron chi connectivity index (χ0n) is 19.8. The van der Waals surface area contributed by atoms with Gasteiger partial charge in [-0.25, -0.2) is 4.98 Å². The molecule has 0 saturated carbocycles. The van der Waals surface area contributed by atoms with E-state index in [-0.39, 0.29) is 18.0 Å². The maximum atomic E-state index is 13.5. The van der Waals surface area contributed by atoms with E-state index in [9.17, 15) is 9.59 Å². The first-order chi connectivity index (χ1) is 15.8. The molecule has 2 aromatic heterocycles. The van der Waals surface area contributed by atoms with Gasteiger partial charge < -0.3 is 5.32 Å². The monoisotopic (exact) mass is 459 g/mol. The molecule has 0 unspecified atom stereocenters. The number of amides is 1. The Morgan fingerprint density at radius 1 is 1.06 bits per heavy atom. The lowest BCUT2D eigenvalue weighted by Crippen LogP contribution is -2.28. The molecule has 4 aromatic rings. The summed E-state index contributed by atoms with van der Waals surface area (Å²) in [5, 5.41) is 3.64. The van der Waals surface area contributed by atoms with E-state index in [4.69, 9.17) is 0 Å². The van der Waals surface area contributed by atoms with Gasteiger partial charge in [-0.1, -0.05) is 55.8 Å². The fourth-order valence-corrected chi connectivity index (χ4v) is 5.31. The van der Waals surface area contributed by atoms with Gasteiger partial charge in [0.25, 0.3) is 5.56 Å². The maximum absolute atomic E-state index is 13.5. The number of hydrogen-bond donors (Lipinski definition) is 1. The topological polar surface area (TPSA) is 64.0 Å². The molecule has 6 heteroatoms. The summed E-state index contributed by atoms with van der Waals surface area (Å²) in [6.07, 6.45) is 3.13. The zero-order chi connectivity index (χ0) is 23.7. The molecule has 0 aliphatic heterocycles. The minimum Gasteiger partial charge on any atom is -0.324 e. The summed E-state index contributed by atoms with van der Waals surface area (Å²) in [5.74, 6) is -0.228. The van der Waals surface area contributed by atoms with Gasteiger partial charge in [-0.3, -0.25) is 14.2 Å². The highest BCUT2D eigenvalue weighted by Crippen LogP contribution is 2.37. The smallest absolute Gasteiger partial charge is 0.263 e. The highest BCUT2D eigenvalue weighted by atomic mass is 32.1. The number of nitrogens with one attached hydrogen (secondary N) is 1.